The summed E-state index contributed by atoms with van der Waals surface area (Å²) < 4.78 is 37.6. The van der Waals surface area contributed by atoms with Crippen molar-refractivity contribution >= 4 is 5.91 Å². The average molecular weight is 292 g/mol. The van der Waals surface area contributed by atoms with Gasteiger partial charge in [-0.3, -0.25) is 4.79 Å². The van der Waals surface area contributed by atoms with E-state index in [1.54, 1.807) is 0 Å². The average Bonchev–Trinajstić information content (AvgIpc) is 2.74. The Morgan fingerprint density at radius 2 is 1.75 bits per heavy atom. The van der Waals surface area contributed by atoms with Crippen LogP contribution in [0.2, 0.25) is 0 Å². The number of nitrogens with one attached hydrogen (secondary N) is 1. The number of amides is 1. The van der Waals surface area contributed by atoms with E-state index in [4.69, 9.17) is 5.73 Å². The highest BCUT2D eigenvalue weighted by Crippen LogP contribution is 2.37. The SMILES string of the molecule is N[C@@H]1CCC[C@H]1CC(=O)NC1CCC(C(F)(F)F)CC1. The molecule has 0 bridgehead atoms. The number of nitrogens with two attached hydrogens (primary N) is 1. The van der Waals surface area contributed by atoms with E-state index in [1.807, 2.05) is 0 Å². The Bertz CT molecular complexity index is 338. The molecule has 3 nitrogen and oxygen atoms in total. The third-order valence-electron chi connectivity index (χ3n) is 4.72. The first kappa shape index (κ1) is 15.6. The molecule has 0 aromatic rings. The number of rotatable bonds is 3. The van der Waals surface area contributed by atoms with Crippen molar-refractivity contribution in [2.24, 2.45) is 17.6 Å². The lowest BCUT2D eigenvalue weighted by atomic mass is 9.85. The third kappa shape index (κ3) is 4.11. The standard InChI is InChI=1S/C14H23F3N2O/c15-14(16,17)10-4-6-11(7-5-10)19-13(20)8-9-2-1-3-12(9)18/h9-12H,1-8,18H2,(H,19,20)/t9-,10?,11?,12+/m0/s1. The number of hydrogen-bond donors (Lipinski definition) is 2. The normalized spacial score (nSPS) is 35.0. The quantitative estimate of drug-likeness (QED) is 0.840. The molecule has 1 amide bonds. The highest BCUT2D eigenvalue weighted by Gasteiger charge is 2.41. The Balaban J connectivity index is 1.71. The second kappa shape index (κ2) is 6.33. The summed E-state index contributed by atoms with van der Waals surface area (Å²) >= 11 is 0. The van der Waals surface area contributed by atoms with Crippen molar-refractivity contribution in [3.05, 3.63) is 0 Å². The first-order valence-corrected chi connectivity index (χ1v) is 7.48. The van der Waals surface area contributed by atoms with E-state index in [2.05, 4.69) is 5.32 Å². The largest absolute Gasteiger partial charge is 0.391 e. The molecule has 6 heteroatoms. The molecule has 0 spiro atoms. The molecule has 2 saturated carbocycles. The van der Waals surface area contributed by atoms with Gasteiger partial charge < -0.3 is 11.1 Å². The molecule has 0 aromatic heterocycles. The van der Waals surface area contributed by atoms with Crippen molar-refractivity contribution in [3.63, 3.8) is 0 Å². The van der Waals surface area contributed by atoms with Gasteiger partial charge in [-0.1, -0.05) is 6.42 Å². The maximum absolute atomic E-state index is 12.5. The minimum absolute atomic E-state index is 0.0530. The molecule has 2 atom stereocenters. The molecule has 116 valence electrons. The van der Waals surface area contributed by atoms with Crippen molar-refractivity contribution in [1.82, 2.24) is 5.32 Å². The third-order valence-corrected chi connectivity index (χ3v) is 4.72. The van der Waals surface area contributed by atoms with Crippen molar-refractivity contribution in [2.45, 2.75) is 69.6 Å². The summed E-state index contributed by atoms with van der Waals surface area (Å²) in [5.41, 5.74) is 5.92. The van der Waals surface area contributed by atoms with Crippen LogP contribution in [-0.4, -0.2) is 24.2 Å². The topological polar surface area (TPSA) is 55.1 Å². The van der Waals surface area contributed by atoms with Crippen LogP contribution < -0.4 is 11.1 Å². The summed E-state index contributed by atoms with van der Waals surface area (Å²) in [6, 6.07) is 0.000410. The van der Waals surface area contributed by atoms with Gasteiger partial charge in [0.05, 0.1) is 5.92 Å². The predicted molar refractivity (Wildman–Crippen MR) is 69.9 cm³/mol. The van der Waals surface area contributed by atoms with Crippen LogP contribution in [0.3, 0.4) is 0 Å². The molecule has 0 aromatic carbocycles. The first-order valence-electron chi connectivity index (χ1n) is 7.48. The summed E-state index contributed by atoms with van der Waals surface area (Å²) in [4.78, 5) is 11.9. The lowest BCUT2D eigenvalue weighted by molar-refractivity contribution is -0.182. The van der Waals surface area contributed by atoms with E-state index in [-0.39, 0.29) is 36.8 Å². The van der Waals surface area contributed by atoms with Crippen LogP contribution in [0, 0.1) is 11.8 Å². The molecule has 0 saturated heterocycles. The fourth-order valence-corrected chi connectivity index (χ4v) is 3.41. The molecular formula is C14H23F3N2O. The molecular weight excluding hydrogens is 269 g/mol. The van der Waals surface area contributed by atoms with Crippen LogP contribution in [0.15, 0.2) is 0 Å². The van der Waals surface area contributed by atoms with E-state index in [0.717, 1.165) is 19.3 Å². The minimum atomic E-state index is -4.09. The summed E-state index contributed by atoms with van der Waals surface area (Å²) in [6.45, 7) is 0. The Morgan fingerprint density at radius 1 is 1.10 bits per heavy atom. The zero-order valence-corrected chi connectivity index (χ0v) is 11.6. The van der Waals surface area contributed by atoms with E-state index >= 15 is 0 Å². The van der Waals surface area contributed by atoms with Crippen LogP contribution in [0.4, 0.5) is 13.2 Å². The lowest BCUT2D eigenvalue weighted by Gasteiger charge is -2.30. The van der Waals surface area contributed by atoms with Gasteiger partial charge in [0.2, 0.25) is 5.91 Å². The minimum Gasteiger partial charge on any atom is -0.353 e. The second-order valence-corrected chi connectivity index (χ2v) is 6.22. The summed E-state index contributed by atoms with van der Waals surface area (Å²) in [5, 5.41) is 2.88. The fourth-order valence-electron chi connectivity index (χ4n) is 3.41. The predicted octanol–water partition coefficient (Wildman–Crippen LogP) is 2.74. The zero-order chi connectivity index (χ0) is 14.8. The Kier molecular flexibility index (Phi) is 4.94. The van der Waals surface area contributed by atoms with Crippen molar-refractivity contribution in [2.75, 3.05) is 0 Å². The van der Waals surface area contributed by atoms with Gasteiger partial charge >= 0.3 is 6.18 Å². The number of carbonyl (C=O) groups excluding carboxylic acids is 1. The maximum atomic E-state index is 12.5. The van der Waals surface area contributed by atoms with Gasteiger partial charge in [-0.05, 0) is 44.4 Å². The van der Waals surface area contributed by atoms with E-state index < -0.39 is 12.1 Å². The summed E-state index contributed by atoms with van der Waals surface area (Å²) in [5.74, 6) is -1.01. The van der Waals surface area contributed by atoms with Crippen LogP contribution in [0.25, 0.3) is 0 Å². The number of hydrogen-bond acceptors (Lipinski definition) is 2. The Labute approximate surface area is 117 Å². The number of alkyl halides is 3. The van der Waals surface area contributed by atoms with Gasteiger partial charge in [0, 0.05) is 18.5 Å². The molecule has 0 aliphatic heterocycles. The maximum Gasteiger partial charge on any atom is 0.391 e. The highest BCUT2D eigenvalue weighted by atomic mass is 19.4. The molecule has 2 rings (SSSR count). The van der Waals surface area contributed by atoms with Crippen molar-refractivity contribution < 1.29 is 18.0 Å². The molecule has 0 unspecified atom stereocenters. The molecule has 2 fully saturated rings. The Morgan fingerprint density at radius 3 is 2.25 bits per heavy atom. The second-order valence-electron chi connectivity index (χ2n) is 6.22. The van der Waals surface area contributed by atoms with E-state index in [0.29, 0.717) is 19.3 Å². The van der Waals surface area contributed by atoms with Crippen LogP contribution in [0.5, 0.6) is 0 Å². The fraction of sp³-hybridized carbons (Fsp3) is 0.929. The number of halogens is 3. The van der Waals surface area contributed by atoms with Crippen LogP contribution >= 0.6 is 0 Å². The van der Waals surface area contributed by atoms with Crippen LogP contribution in [0.1, 0.15) is 51.4 Å². The highest BCUT2D eigenvalue weighted by molar-refractivity contribution is 5.76. The van der Waals surface area contributed by atoms with Crippen LogP contribution in [-0.2, 0) is 4.79 Å². The lowest BCUT2D eigenvalue weighted by Crippen LogP contribution is -2.41. The first-order chi connectivity index (χ1) is 9.36. The Hall–Kier alpha value is -0.780. The molecule has 3 N–H and O–H groups in total. The molecule has 20 heavy (non-hydrogen) atoms. The van der Waals surface area contributed by atoms with Gasteiger partial charge in [0.25, 0.3) is 0 Å². The number of carbonyl (C=O) groups is 1. The van der Waals surface area contributed by atoms with Gasteiger partial charge in [0.1, 0.15) is 0 Å². The van der Waals surface area contributed by atoms with Gasteiger partial charge in [-0.15, -0.1) is 0 Å². The van der Waals surface area contributed by atoms with Crippen molar-refractivity contribution in [3.8, 4) is 0 Å². The summed E-state index contributed by atoms with van der Waals surface area (Å²) in [6.07, 6.45) is 0.430. The summed E-state index contributed by atoms with van der Waals surface area (Å²) in [7, 11) is 0. The van der Waals surface area contributed by atoms with Gasteiger partial charge in [-0.25, -0.2) is 0 Å². The molecule has 0 heterocycles. The monoisotopic (exact) mass is 292 g/mol. The molecule has 0 radical (unpaired) electrons. The molecule has 2 aliphatic carbocycles. The zero-order valence-electron chi connectivity index (χ0n) is 11.6. The molecule has 2 aliphatic rings. The van der Waals surface area contributed by atoms with E-state index in [9.17, 15) is 18.0 Å². The smallest absolute Gasteiger partial charge is 0.353 e. The van der Waals surface area contributed by atoms with E-state index in [1.165, 1.54) is 0 Å². The van der Waals surface area contributed by atoms with Crippen molar-refractivity contribution in [1.29, 1.82) is 0 Å². The van der Waals surface area contributed by atoms with Gasteiger partial charge in [0.15, 0.2) is 0 Å². The van der Waals surface area contributed by atoms with Gasteiger partial charge in [-0.2, -0.15) is 13.2 Å².